The Hall–Kier alpha value is -1.01. The number of allylic oxidation sites excluding steroid dienone is 1. The minimum absolute atomic E-state index is 0.197. The summed E-state index contributed by atoms with van der Waals surface area (Å²) in [4.78, 5) is 10.5. The van der Waals surface area contributed by atoms with E-state index in [0.717, 1.165) is 19.3 Å². The van der Waals surface area contributed by atoms with E-state index < -0.39 is 0 Å². The minimum atomic E-state index is -0.197. The second kappa shape index (κ2) is 10.5. The van der Waals surface area contributed by atoms with Crippen molar-refractivity contribution in [3.05, 3.63) is 17.4 Å². The van der Waals surface area contributed by atoms with E-state index in [1.807, 2.05) is 0 Å². The van der Waals surface area contributed by atoms with Gasteiger partial charge in [-0.2, -0.15) is 0 Å². The molecule has 0 aromatic heterocycles. The second-order valence-corrected chi connectivity index (χ2v) is 4.07. The standard InChI is InChI=1S/C14H24O2/c1-4-5-6-7-8-10-13(2)11-9-12-16-14(3)15/h8H,4-7,9,11-12H2,1-3H3. The zero-order chi connectivity index (χ0) is 12.2. The van der Waals surface area contributed by atoms with Crippen molar-refractivity contribution in [3.63, 3.8) is 0 Å². The summed E-state index contributed by atoms with van der Waals surface area (Å²) in [5.74, 6) is -0.197. The fraction of sp³-hybridized carbons (Fsp3) is 0.714. The molecule has 0 bridgehead atoms. The number of carbonyl (C=O) groups excluding carboxylic acids is 1. The van der Waals surface area contributed by atoms with Crippen molar-refractivity contribution >= 4 is 5.97 Å². The van der Waals surface area contributed by atoms with Crippen molar-refractivity contribution in [3.8, 4) is 0 Å². The first-order chi connectivity index (χ1) is 7.66. The molecule has 0 N–H and O–H groups in total. The van der Waals surface area contributed by atoms with E-state index in [9.17, 15) is 4.79 Å². The first-order valence-corrected chi connectivity index (χ1v) is 6.20. The molecule has 0 aromatic carbocycles. The average molecular weight is 224 g/mol. The predicted octanol–water partition coefficient (Wildman–Crippen LogP) is 4.01. The molecule has 0 fully saturated rings. The van der Waals surface area contributed by atoms with E-state index in [0.29, 0.717) is 6.61 Å². The van der Waals surface area contributed by atoms with Gasteiger partial charge in [0.2, 0.25) is 0 Å². The fourth-order valence-electron chi connectivity index (χ4n) is 1.37. The summed E-state index contributed by atoms with van der Waals surface area (Å²) in [6.45, 7) is 6.24. The Balaban J connectivity index is 3.57. The molecule has 92 valence electrons. The van der Waals surface area contributed by atoms with Crippen LogP contribution in [0.1, 0.15) is 59.3 Å². The van der Waals surface area contributed by atoms with Gasteiger partial charge in [-0.1, -0.05) is 19.8 Å². The van der Waals surface area contributed by atoms with Crippen LogP contribution in [-0.2, 0) is 9.53 Å². The predicted molar refractivity (Wildman–Crippen MR) is 67.3 cm³/mol. The molecule has 0 rings (SSSR count). The molecule has 0 heterocycles. The lowest BCUT2D eigenvalue weighted by atomic mass is 10.1. The van der Waals surface area contributed by atoms with Gasteiger partial charge in [0.05, 0.1) is 6.61 Å². The maximum absolute atomic E-state index is 10.5. The molecule has 0 saturated carbocycles. The maximum Gasteiger partial charge on any atom is 0.302 e. The summed E-state index contributed by atoms with van der Waals surface area (Å²) < 4.78 is 4.86. The highest BCUT2D eigenvalue weighted by molar-refractivity contribution is 5.65. The average Bonchev–Trinajstić information content (AvgIpc) is 2.24. The molecule has 0 unspecified atom stereocenters. The summed E-state index contributed by atoms with van der Waals surface area (Å²) in [7, 11) is 0. The van der Waals surface area contributed by atoms with Gasteiger partial charge in [-0.3, -0.25) is 4.79 Å². The molecule has 0 saturated heterocycles. The van der Waals surface area contributed by atoms with Crippen LogP contribution in [-0.4, -0.2) is 12.6 Å². The zero-order valence-electron chi connectivity index (χ0n) is 10.8. The summed E-state index contributed by atoms with van der Waals surface area (Å²) in [5.41, 5.74) is 4.52. The number of hydrogen-bond donors (Lipinski definition) is 0. The molecule has 2 heteroatoms. The zero-order valence-corrected chi connectivity index (χ0v) is 10.8. The Morgan fingerprint density at radius 3 is 2.62 bits per heavy atom. The van der Waals surface area contributed by atoms with Crippen LogP contribution in [0, 0.1) is 0 Å². The Labute approximate surface area is 99.4 Å². The largest absolute Gasteiger partial charge is 0.466 e. The number of ether oxygens (including phenoxy) is 1. The first kappa shape index (κ1) is 15.0. The topological polar surface area (TPSA) is 26.3 Å². The van der Waals surface area contributed by atoms with Gasteiger partial charge in [-0.15, -0.1) is 5.73 Å². The van der Waals surface area contributed by atoms with E-state index >= 15 is 0 Å². The highest BCUT2D eigenvalue weighted by Crippen LogP contribution is 2.04. The van der Waals surface area contributed by atoms with Gasteiger partial charge < -0.3 is 4.74 Å². The summed E-state index contributed by atoms with van der Waals surface area (Å²) >= 11 is 0. The smallest absolute Gasteiger partial charge is 0.302 e. The molecule has 0 aromatic rings. The summed E-state index contributed by atoms with van der Waals surface area (Å²) in [6.07, 6.45) is 8.90. The van der Waals surface area contributed by atoms with Gasteiger partial charge in [0.1, 0.15) is 0 Å². The SMILES string of the molecule is CCCCCC=C=C(C)CCCOC(C)=O. The molecule has 0 radical (unpaired) electrons. The molecule has 0 aliphatic carbocycles. The molecule has 0 amide bonds. The van der Waals surface area contributed by atoms with Gasteiger partial charge >= 0.3 is 5.97 Å². The Morgan fingerprint density at radius 1 is 1.25 bits per heavy atom. The molecule has 0 aliphatic heterocycles. The number of hydrogen-bond acceptors (Lipinski definition) is 2. The Bertz CT molecular complexity index is 247. The lowest BCUT2D eigenvalue weighted by Crippen LogP contribution is -2.00. The molecule has 0 atom stereocenters. The molecular weight excluding hydrogens is 200 g/mol. The van der Waals surface area contributed by atoms with Crippen LogP contribution in [0.2, 0.25) is 0 Å². The number of unbranched alkanes of at least 4 members (excludes halogenated alkanes) is 3. The second-order valence-electron chi connectivity index (χ2n) is 4.07. The van der Waals surface area contributed by atoms with Gasteiger partial charge in [0.15, 0.2) is 0 Å². The molecule has 2 nitrogen and oxygen atoms in total. The highest BCUT2D eigenvalue weighted by atomic mass is 16.5. The maximum atomic E-state index is 10.5. The minimum Gasteiger partial charge on any atom is -0.466 e. The van der Waals surface area contributed by atoms with E-state index in [4.69, 9.17) is 4.74 Å². The van der Waals surface area contributed by atoms with Crippen molar-refractivity contribution in [1.82, 2.24) is 0 Å². The number of esters is 1. The third-order valence-corrected chi connectivity index (χ3v) is 2.30. The van der Waals surface area contributed by atoms with Crippen LogP contribution in [0.3, 0.4) is 0 Å². The van der Waals surface area contributed by atoms with Crippen molar-refractivity contribution < 1.29 is 9.53 Å². The van der Waals surface area contributed by atoms with E-state index in [1.165, 1.54) is 31.8 Å². The summed E-state index contributed by atoms with van der Waals surface area (Å²) in [5, 5.41) is 0. The Morgan fingerprint density at radius 2 is 2.00 bits per heavy atom. The van der Waals surface area contributed by atoms with Crippen LogP contribution in [0.25, 0.3) is 0 Å². The van der Waals surface area contributed by atoms with Crippen molar-refractivity contribution in [1.29, 1.82) is 0 Å². The molecule has 0 aliphatic rings. The fourth-order valence-corrected chi connectivity index (χ4v) is 1.37. The van der Waals surface area contributed by atoms with Gasteiger partial charge in [-0.05, 0) is 44.3 Å². The van der Waals surface area contributed by atoms with Gasteiger partial charge in [-0.25, -0.2) is 0 Å². The number of carbonyl (C=O) groups is 1. The quantitative estimate of drug-likeness (QED) is 0.354. The third kappa shape index (κ3) is 11.1. The van der Waals surface area contributed by atoms with Crippen LogP contribution in [0.15, 0.2) is 17.4 Å². The van der Waals surface area contributed by atoms with Crippen LogP contribution >= 0.6 is 0 Å². The normalized spacial score (nSPS) is 9.44. The highest BCUT2D eigenvalue weighted by Gasteiger charge is 1.93. The first-order valence-electron chi connectivity index (χ1n) is 6.20. The van der Waals surface area contributed by atoms with Gasteiger partial charge in [0.25, 0.3) is 0 Å². The number of rotatable bonds is 8. The van der Waals surface area contributed by atoms with Crippen LogP contribution in [0.5, 0.6) is 0 Å². The monoisotopic (exact) mass is 224 g/mol. The van der Waals surface area contributed by atoms with Crippen molar-refractivity contribution in [2.45, 2.75) is 59.3 Å². The van der Waals surface area contributed by atoms with Crippen LogP contribution in [0.4, 0.5) is 0 Å². The Kier molecular flexibility index (Phi) is 9.84. The lowest BCUT2D eigenvalue weighted by Gasteiger charge is -2.00. The summed E-state index contributed by atoms with van der Waals surface area (Å²) in [6, 6.07) is 0. The van der Waals surface area contributed by atoms with E-state index in [-0.39, 0.29) is 5.97 Å². The van der Waals surface area contributed by atoms with Crippen molar-refractivity contribution in [2.75, 3.05) is 6.61 Å². The van der Waals surface area contributed by atoms with Gasteiger partial charge in [0, 0.05) is 6.92 Å². The lowest BCUT2D eigenvalue weighted by molar-refractivity contribution is -0.141. The van der Waals surface area contributed by atoms with Crippen molar-refractivity contribution in [2.24, 2.45) is 0 Å². The van der Waals surface area contributed by atoms with Crippen LogP contribution < -0.4 is 0 Å². The molecule has 16 heavy (non-hydrogen) atoms. The molecule has 0 spiro atoms. The van der Waals surface area contributed by atoms with E-state index in [2.05, 4.69) is 25.7 Å². The third-order valence-electron chi connectivity index (χ3n) is 2.30. The molecular formula is C14H24O2. The van der Waals surface area contributed by atoms with E-state index in [1.54, 1.807) is 0 Å².